The second-order valence-electron chi connectivity index (χ2n) is 15.3. The number of halogens is 3. The number of imide groups is 1. The van der Waals surface area contributed by atoms with Crippen molar-refractivity contribution in [2.45, 2.75) is 82.8 Å². The van der Waals surface area contributed by atoms with Gasteiger partial charge in [-0.2, -0.15) is 18.3 Å². The van der Waals surface area contributed by atoms with E-state index in [0.717, 1.165) is 55.4 Å². The Labute approximate surface area is 314 Å². The highest BCUT2D eigenvalue weighted by molar-refractivity contribution is 6.04. The number of hydrogen-bond acceptors (Lipinski definition) is 8. The first-order chi connectivity index (χ1) is 26.0. The Morgan fingerprint density at radius 1 is 1.04 bits per heavy atom. The third-order valence-corrected chi connectivity index (χ3v) is 10.7. The topological polar surface area (TPSA) is 156 Å². The Hall–Kier alpha value is -5.35. The summed E-state index contributed by atoms with van der Waals surface area (Å²) >= 11 is 0. The molecule has 3 N–H and O–H groups in total. The second kappa shape index (κ2) is 14.4. The Balaban J connectivity index is 1.02. The fraction of sp³-hybridized carbons (Fsp3) is 0.436. The lowest BCUT2D eigenvalue weighted by Crippen LogP contribution is -2.44. The predicted octanol–water partition coefficient (Wildman–Crippen LogP) is 5.42. The van der Waals surface area contributed by atoms with Gasteiger partial charge >= 0.3 is 11.9 Å². The van der Waals surface area contributed by atoms with Gasteiger partial charge in [0.1, 0.15) is 17.4 Å². The summed E-state index contributed by atoms with van der Waals surface area (Å²) in [6.07, 6.45) is 1.33. The lowest BCUT2D eigenvalue weighted by Gasteiger charge is -2.31. The average molecular weight is 761 g/mol. The van der Waals surface area contributed by atoms with Gasteiger partial charge in [-0.1, -0.05) is 18.2 Å². The number of imidazole rings is 1. The molecule has 1 aliphatic heterocycles. The van der Waals surface area contributed by atoms with E-state index in [4.69, 9.17) is 5.10 Å². The molecule has 3 aromatic heterocycles. The van der Waals surface area contributed by atoms with E-state index in [9.17, 15) is 37.5 Å². The van der Waals surface area contributed by atoms with Crippen LogP contribution in [-0.4, -0.2) is 65.2 Å². The van der Waals surface area contributed by atoms with Gasteiger partial charge in [0.05, 0.1) is 28.2 Å². The number of pyridine rings is 1. The molecule has 0 spiro atoms. The summed E-state index contributed by atoms with van der Waals surface area (Å²) in [7, 11) is 3.76. The lowest BCUT2D eigenvalue weighted by molar-refractivity contribution is -0.141. The second-order valence-corrected chi connectivity index (χ2v) is 15.3. The molecule has 4 heterocycles. The number of piperidine rings is 1. The van der Waals surface area contributed by atoms with E-state index in [1.807, 2.05) is 29.1 Å². The highest BCUT2D eigenvalue weighted by Crippen LogP contribution is 2.37. The zero-order chi connectivity index (χ0) is 39.4. The molecule has 55 heavy (non-hydrogen) atoms. The molecule has 1 atom stereocenters. The van der Waals surface area contributed by atoms with Gasteiger partial charge in [0.2, 0.25) is 11.8 Å². The molecule has 5 aromatic rings. The van der Waals surface area contributed by atoms with Crippen molar-refractivity contribution in [1.82, 2.24) is 34.1 Å². The Morgan fingerprint density at radius 3 is 2.45 bits per heavy atom. The summed E-state index contributed by atoms with van der Waals surface area (Å²) in [6.45, 7) is 4.55. The highest BCUT2D eigenvalue weighted by Gasteiger charge is 2.34. The summed E-state index contributed by atoms with van der Waals surface area (Å²) in [4.78, 5) is 56.6. The molecule has 1 unspecified atom stereocenters. The Bertz CT molecular complexity index is 2360. The number of benzene rings is 2. The fourth-order valence-corrected chi connectivity index (χ4v) is 8.06. The molecule has 3 amide bonds. The van der Waals surface area contributed by atoms with E-state index in [1.165, 1.54) is 10.6 Å². The molecule has 7 rings (SSSR count). The Morgan fingerprint density at radius 2 is 1.76 bits per heavy atom. The lowest BCUT2D eigenvalue weighted by atomic mass is 9.85. The number of nitrogens with zero attached hydrogens (tertiary/aromatic N) is 6. The number of hydrogen-bond donors (Lipinski definition) is 3. The molecule has 16 heteroatoms. The number of para-hydroxylation sites is 1. The zero-order valence-corrected chi connectivity index (χ0v) is 31.0. The zero-order valence-electron chi connectivity index (χ0n) is 31.0. The number of aliphatic hydroxyl groups is 1. The molecule has 0 radical (unpaired) electrons. The molecule has 1 saturated heterocycles. The van der Waals surface area contributed by atoms with Gasteiger partial charge in [-0.15, -0.1) is 0 Å². The molecule has 2 aromatic carbocycles. The third kappa shape index (κ3) is 7.65. The van der Waals surface area contributed by atoms with Crippen molar-refractivity contribution in [3.8, 4) is 0 Å². The molecule has 1 aliphatic carbocycles. The minimum atomic E-state index is -4.70. The number of anilines is 1. The maximum atomic E-state index is 13.4. The van der Waals surface area contributed by atoms with Crippen LogP contribution in [0.15, 0.2) is 59.5 Å². The van der Waals surface area contributed by atoms with Gasteiger partial charge in [0.15, 0.2) is 0 Å². The minimum absolute atomic E-state index is 0.127. The number of alkyl halides is 3. The maximum Gasteiger partial charge on any atom is 0.433 e. The van der Waals surface area contributed by atoms with Crippen LogP contribution in [0.25, 0.3) is 21.9 Å². The summed E-state index contributed by atoms with van der Waals surface area (Å²) in [5, 5.41) is 21.5. The quantitative estimate of drug-likeness (QED) is 0.168. The van der Waals surface area contributed by atoms with Crippen LogP contribution < -0.4 is 16.3 Å². The summed E-state index contributed by atoms with van der Waals surface area (Å²) in [5.74, 6) is -1.20. The van der Waals surface area contributed by atoms with E-state index >= 15 is 0 Å². The minimum Gasteiger partial charge on any atom is -0.386 e. The van der Waals surface area contributed by atoms with Crippen molar-refractivity contribution < 1.29 is 32.7 Å². The normalized spacial score (nSPS) is 19.7. The van der Waals surface area contributed by atoms with Gasteiger partial charge in [-0.05, 0) is 94.8 Å². The summed E-state index contributed by atoms with van der Waals surface area (Å²) < 4.78 is 44.7. The van der Waals surface area contributed by atoms with Gasteiger partial charge in [-0.25, -0.2) is 9.78 Å². The Kier molecular flexibility index (Phi) is 9.92. The molecular weight excluding hydrogens is 717 g/mol. The largest absolute Gasteiger partial charge is 0.433 e. The van der Waals surface area contributed by atoms with Gasteiger partial charge in [-0.3, -0.25) is 33.5 Å². The maximum absolute atomic E-state index is 13.4. The molecule has 2 fully saturated rings. The number of aromatic nitrogens is 5. The van der Waals surface area contributed by atoms with E-state index in [0.29, 0.717) is 34.4 Å². The van der Waals surface area contributed by atoms with Crippen molar-refractivity contribution in [2.24, 2.45) is 13.0 Å². The number of fused-ring (bicyclic) bond motifs is 2. The number of nitrogens with one attached hydrogen (secondary N) is 2. The van der Waals surface area contributed by atoms with E-state index < -0.39 is 41.0 Å². The van der Waals surface area contributed by atoms with Crippen LogP contribution in [0, 0.1) is 5.92 Å². The SMILES string of the molecule is CN(Cc1cccc2c1n(C)c(=O)n2C1CCC(=O)NC1=O)CC1CCC(n2cc3cc(NC(=O)c4cccc(C(F)(F)F)n4)c(C(C)(C)O)cc3n2)CC1. The van der Waals surface area contributed by atoms with Gasteiger partial charge in [0, 0.05) is 49.4 Å². The summed E-state index contributed by atoms with van der Waals surface area (Å²) in [6, 6.07) is 11.6. The first-order valence-corrected chi connectivity index (χ1v) is 18.3. The molecular formula is C39H43F3N8O5. The average Bonchev–Trinajstić information content (AvgIpc) is 3.65. The number of carbonyl (C=O) groups is 3. The number of aryl methyl sites for hydroxylation is 1. The third-order valence-electron chi connectivity index (χ3n) is 10.7. The van der Waals surface area contributed by atoms with Crippen molar-refractivity contribution in [1.29, 1.82) is 0 Å². The van der Waals surface area contributed by atoms with Crippen LogP contribution in [0.1, 0.15) is 91.8 Å². The first-order valence-electron chi connectivity index (χ1n) is 18.3. The van der Waals surface area contributed by atoms with E-state index in [1.54, 1.807) is 37.6 Å². The van der Waals surface area contributed by atoms with Gasteiger partial charge in [0.25, 0.3) is 5.91 Å². The van der Waals surface area contributed by atoms with Crippen LogP contribution in [-0.2, 0) is 35.0 Å². The molecule has 13 nitrogen and oxygen atoms in total. The number of amides is 3. The molecule has 2 aliphatic rings. The smallest absolute Gasteiger partial charge is 0.386 e. The van der Waals surface area contributed by atoms with Crippen LogP contribution >= 0.6 is 0 Å². The van der Waals surface area contributed by atoms with E-state index in [2.05, 4.69) is 27.6 Å². The van der Waals surface area contributed by atoms with Crippen molar-refractivity contribution in [3.63, 3.8) is 0 Å². The summed E-state index contributed by atoms with van der Waals surface area (Å²) in [5.41, 5.74) is 0.349. The highest BCUT2D eigenvalue weighted by atomic mass is 19.4. The van der Waals surface area contributed by atoms with Crippen LogP contribution in [0.2, 0.25) is 0 Å². The molecule has 1 saturated carbocycles. The first kappa shape index (κ1) is 37.9. The van der Waals surface area contributed by atoms with E-state index in [-0.39, 0.29) is 36.2 Å². The monoisotopic (exact) mass is 760 g/mol. The predicted molar refractivity (Wildman–Crippen MR) is 198 cm³/mol. The standard InChI is InChI=1S/C39H43F3N8O5/c1-38(2,55)26-18-28-24(17-29(26)44-35(52)27-8-6-10-32(43-27)39(40,41)42)21-49(46-28)25-13-11-22(12-14-25)19-47(3)20-23-7-5-9-30-34(23)48(4)37(54)50(30)31-15-16-33(51)45-36(31)53/h5-10,17-18,21-22,25,31,55H,11-16,19-20H2,1-4H3,(H,44,52)(H,45,51,53). The molecule has 0 bridgehead atoms. The van der Waals surface area contributed by atoms with Crippen LogP contribution in [0.5, 0.6) is 0 Å². The number of carbonyl (C=O) groups excluding carboxylic acids is 3. The fourth-order valence-electron chi connectivity index (χ4n) is 8.06. The number of rotatable bonds is 9. The van der Waals surface area contributed by atoms with Crippen LogP contribution in [0.4, 0.5) is 18.9 Å². The van der Waals surface area contributed by atoms with Gasteiger partial charge < -0.3 is 15.3 Å². The van der Waals surface area contributed by atoms with Crippen LogP contribution in [0.3, 0.4) is 0 Å². The van der Waals surface area contributed by atoms with Crippen molar-refractivity contribution in [2.75, 3.05) is 18.9 Å². The van der Waals surface area contributed by atoms with Crippen molar-refractivity contribution in [3.05, 3.63) is 87.7 Å². The molecule has 290 valence electrons. The van der Waals surface area contributed by atoms with Crippen molar-refractivity contribution >= 4 is 45.3 Å².